The monoisotopic (exact) mass is 238 g/mol. The van der Waals surface area contributed by atoms with Gasteiger partial charge < -0.3 is 4.74 Å². The van der Waals surface area contributed by atoms with E-state index < -0.39 is 0 Å². The molecule has 2 aromatic carbocycles. The van der Waals surface area contributed by atoms with Gasteiger partial charge in [-0.25, -0.2) is 0 Å². The molecule has 0 saturated carbocycles. The molecule has 0 aromatic heterocycles. The molecule has 0 bridgehead atoms. The Bertz CT molecular complexity index is 642. The second-order valence-electron chi connectivity index (χ2n) is 4.65. The van der Waals surface area contributed by atoms with Gasteiger partial charge in [-0.15, -0.1) is 0 Å². The molecule has 18 heavy (non-hydrogen) atoms. The number of hydrogen-bond acceptors (Lipinski definition) is 2. The molecule has 90 valence electrons. The molecule has 0 amide bonds. The predicted octanol–water partition coefficient (Wildman–Crippen LogP) is 3.14. The first-order valence-corrected chi connectivity index (χ1v) is 6.01. The minimum atomic E-state index is 0.105. The molecule has 0 radical (unpaired) electrons. The molecule has 0 heterocycles. The third kappa shape index (κ3) is 1.53. The predicted molar refractivity (Wildman–Crippen MR) is 70.4 cm³/mol. The van der Waals surface area contributed by atoms with Crippen molar-refractivity contribution >= 4 is 5.78 Å². The molecular weight excluding hydrogens is 224 g/mol. The second-order valence-corrected chi connectivity index (χ2v) is 4.65. The zero-order valence-electron chi connectivity index (χ0n) is 10.5. The minimum absolute atomic E-state index is 0.105. The van der Waals surface area contributed by atoms with Crippen molar-refractivity contribution in [3.8, 4) is 5.75 Å². The van der Waals surface area contributed by atoms with Crippen LogP contribution in [-0.2, 0) is 6.42 Å². The van der Waals surface area contributed by atoms with Crippen molar-refractivity contribution in [3.05, 3.63) is 64.2 Å². The second kappa shape index (κ2) is 3.98. The smallest absolute Gasteiger partial charge is 0.193 e. The number of aryl methyl sites for hydroxylation is 1. The van der Waals surface area contributed by atoms with Gasteiger partial charge in [0.1, 0.15) is 5.75 Å². The van der Waals surface area contributed by atoms with Gasteiger partial charge in [-0.05, 0) is 24.6 Å². The lowest BCUT2D eigenvalue weighted by molar-refractivity contribution is 0.103. The van der Waals surface area contributed by atoms with Crippen LogP contribution in [-0.4, -0.2) is 12.9 Å². The van der Waals surface area contributed by atoms with Crippen molar-refractivity contribution in [3.63, 3.8) is 0 Å². The Kier molecular flexibility index (Phi) is 2.44. The van der Waals surface area contributed by atoms with Crippen molar-refractivity contribution < 1.29 is 9.53 Å². The van der Waals surface area contributed by atoms with Crippen LogP contribution in [0.3, 0.4) is 0 Å². The van der Waals surface area contributed by atoms with Crippen molar-refractivity contribution in [2.24, 2.45) is 0 Å². The van der Waals surface area contributed by atoms with Crippen LogP contribution in [0.25, 0.3) is 0 Å². The lowest BCUT2D eigenvalue weighted by Crippen LogP contribution is -2.16. The molecule has 2 aromatic rings. The molecule has 0 spiro atoms. The van der Waals surface area contributed by atoms with Gasteiger partial charge in [0.2, 0.25) is 0 Å². The van der Waals surface area contributed by atoms with Crippen LogP contribution >= 0.6 is 0 Å². The zero-order chi connectivity index (χ0) is 12.7. The maximum atomic E-state index is 12.5. The molecule has 3 rings (SSSR count). The number of rotatable bonds is 1. The third-order valence-corrected chi connectivity index (χ3v) is 3.47. The Morgan fingerprint density at radius 1 is 1.11 bits per heavy atom. The van der Waals surface area contributed by atoms with Gasteiger partial charge >= 0.3 is 0 Å². The first-order chi connectivity index (χ1) is 8.70. The fourth-order valence-corrected chi connectivity index (χ4v) is 2.54. The van der Waals surface area contributed by atoms with E-state index in [9.17, 15) is 4.79 Å². The molecule has 0 saturated heterocycles. The average molecular weight is 238 g/mol. The maximum absolute atomic E-state index is 12.5. The van der Waals surface area contributed by atoms with Crippen molar-refractivity contribution in [2.75, 3.05) is 7.11 Å². The van der Waals surface area contributed by atoms with Gasteiger partial charge in [0, 0.05) is 23.1 Å². The highest BCUT2D eigenvalue weighted by atomic mass is 16.5. The van der Waals surface area contributed by atoms with E-state index >= 15 is 0 Å². The van der Waals surface area contributed by atoms with Crippen LogP contribution in [0.4, 0.5) is 0 Å². The third-order valence-electron chi connectivity index (χ3n) is 3.47. The van der Waals surface area contributed by atoms with Crippen molar-refractivity contribution in [2.45, 2.75) is 13.3 Å². The molecule has 0 aliphatic heterocycles. The minimum Gasteiger partial charge on any atom is -0.496 e. The molecular formula is C16H14O2. The number of hydrogen-bond donors (Lipinski definition) is 0. The Morgan fingerprint density at radius 3 is 2.72 bits per heavy atom. The Morgan fingerprint density at radius 2 is 1.94 bits per heavy atom. The van der Waals surface area contributed by atoms with E-state index in [1.165, 1.54) is 0 Å². The summed E-state index contributed by atoms with van der Waals surface area (Å²) < 4.78 is 5.35. The number of carbonyl (C=O) groups excluding carboxylic acids is 1. The summed E-state index contributed by atoms with van der Waals surface area (Å²) in [6.07, 6.45) is 0.765. The average Bonchev–Trinajstić information content (AvgIpc) is 2.39. The van der Waals surface area contributed by atoms with Crippen LogP contribution in [0.2, 0.25) is 0 Å². The highest BCUT2D eigenvalue weighted by molar-refractivity contribution is 6.12. The number of benzene rings is 2. The molecule has 0 fully saturated rings. The molecule has 0 N–H and O–H groups in total. The van der Waals surface area contributed by atoms with E-state index in [1.807, 2.05) is 43.3 Å². The summed E-state index contributed by atoms with van der Waals surface area (Å²) in [4.78, 5) is 12.5. The van der Waals surface area contributed by atoms with Crippen molar-refractivity contribution in [1.82, 2.24) is 0 Å². The fourth-order valence-electron chi connectivity index (χ4n) is 2.54. The van der Waals surface area contributed by atoms with E-state index in [-0.39, 0.29) is 5.78 Å². The SMILES string of the molecule is COc1cccc2c1Cc1ccc(C)cc1C2=O. The topological polar surface area (TPSA) is 26.3 Å². The quantitative estimate of drug-likeness (QED) is 0.651. The van der Waals surface area contributed by atoms with E-state index in [0.717, 1.165) is 40.0 Å². The summed E-state index contributed by atoms with van der Waals surface area (Å²) in [6.45, 7) is 2.01. The lowest BCUT2D eigenvalue weighted by atomic mass is 9.84. The van der Waals surface area contributed by atoms with Gasteiger partial charge in [-0.1, -0.05) is 29.8 Å². The summed E-state index contributed by atoms with van der Waals surface area (Å²) in [5.41, 5.74) is 4.81. The number of fused-ring (bicyclic) bond motifs is 2. The highest BCUT2D eigenvalue weighted by Gasteiger charge is 2.25. The first kappa shape index (κ1) is 11.0. The van der Waals surface area contributed by atoms with Crippen molar-refractivity contribution in [1.29, 1.82) is 0 Å². The zero-order valence-corrected chi connectivity index (χ0v) is 10.5. The van der Waals surface area contributed by atoms with Crippen LogP contribution in [0.15, 0.2) is 36.4 Å². The molecule has 2 heteroatoms. The van der Waals surface area contributed by atoms with E-state index in [1.54, 1.807) is 7.11 Å². The van der Waals surface area contributed by atoms with Crippen LogP contribution in [0.5, 0.6) is 5.75 Å². The van der Waals surface area contributed by atoms with Gasteiger partial charge in [0.15, 0.2) is 5.78 Å². The van der Waals surface area contributed by atoms with E-state index in [0.29, 0.717) is 0 Å². The molecule has 0 unspecified atom stereocenters. The summed E-state index contributed by atoms with van der Waals surface area (Å²) in [5.74, 6) is 0.904. The van der Waals surface area contributed by atoms with E-state index in [2.05, 4.69) is 0 Å². The molecule has 1 aliphatic rings. The molecule has 0 atom stereocenters. The number of carbonyl (C=O) groups is 1. The summed E-state index contributed by atoms with van der Waals surface area (Å²) in [7, 11) is 1.64. The Hall–Kier alpha value is -2.09. The van der Waals surface area contributed by atoms with Gasteiger partial charge in [0.05, 0.1) is 7.11 Å². The van der Waals surface area contributed by atoms with Crippen LogP contribution in [0, 0.1) is 6.92 Å². The largest absolute Gasteiger partial charge is 0.496 e. The number of ether oxygens (including phenoxy) is 1. The molecule has 1 aliphatic carbocycles. The summed E-state index contributed by atoms with van der Waals surface area (Å²) >= 11 is 0. The maximum Gasteiger partial charge on any atom is 0.193 e. The normalized spacial score (nSPS) is 12.9. The van der Waals surface area contributed by atoms with Gasteiger partial charge in [-0.3, -0.25) is 4.79 Å². The van der Waals surface area contributed by atoms with Gasteiger partial charge in [0.25, 0.3) is 0 Å². The van der Waals surface area contributed by atoms with Crippen LogP contribution in [0.1, 0.15) is 32.6 Å². The van der Waals surface area contributed by atoms with Crippen LogP contribution < -0.4 is 4.74 Å². The number of methoxy groups -OCH3 is 1. The summed E-state index contributed by atoms with van der Waals surface area (Å²) in [5, 5.41) is 0. The standard InChI is InChI=1S/C16H14O2/c1-10-6-7-11-9-14-12(16(17)13(11)8-10)4-3-5-15(14)18-2/h3-8H,9H2,1-2H3. The Balaban J connectivity index is 2.22. The first-order valence-electron chi connectivity index (χ1n) is 6.01. The Labute approximate surface area is 106 Å². The fraction of sp³-hybridized carbons (Fsp3) is 0.188. The molecule has 2 nitrogen and oxygen atoms in total. The van der Waals surface area contributed by atoms with Gasteiger partial charge in [-0.2, -0.15) is 0 Å². The highest BCUT2D eigenvalue weighted by Crippen LogP contribution is 2.33. The lowest BCUT2D eigenvalue weighted by Gasteiger charge is -2.20. The number of ketones is 1. The van der Waals surface area contributed by atoms with E-state index in [4.69, 9.17) is 4.74 Å². The summed E-state index contributed by atoms with van der Waals surface area (Å²) in [6, 6.07) is 11.7.